The third-order valence-corrected chi connectivity index (χ3v) is 12.1. The summed E-state index contributed by atoms with van der Waals surface area (Å²) >= 11 is 1.48. The first-order valence-electron chi connectivity index (χ1n) is 16.5. The van der Waals surface area contributed by atoms with Crippen LogP contribution >= 0.6 is 11.8 Å². The van der Waals surface area contributed by atoms with Gasteiger partial charge in [-0.25, -0.2) is 4.79 Å². The Morgan fingerprint density at radius 2 is 1.94 bits per heavy atom. The first-order chi connectivity index (χ1) is 23.1. The van der Waals surface area contributed by atoms with Crippen LogP contribution in [0.2, 0.25) is 0 Å². The van der Waals surface area contributed by atoms with Crippen molar-refractivity contribution in [1.82, 2.24) is 15.1 Å². The van der Waals surface area contributed by atoms with Crippen molar-refractivity contribution < 1.29 is 38.4 Å². The molecular weight excluding hydrogens is 636 g/mol. The maximum absolute atomic E-state index is 13.6. The number of benzene rings is 2. The van der Waals surface area contributed by atoms with Gasteiger partial charge >= 0.3 is 5.97 Å². The predicted molar refractivity (Wildman–Crippen MR) is 176 cm³/mol. The summed E-state index contributed by atoms with van der Waals surface area (Å²) < 4.78 is 29.7. The number of amides is 1. The second kappa shape index (κ2) is 12.6. The molecule has 2 aromatic rings. The summed E-state index contributed by atoms with van der Waals surface area (Å²) in [5.41, 5.74) is 6.20. The van der Waals surface area contributed by atoms with Gasteiger partial charge in [-0.05, 0) is 57.4 Å². The molecule has 6 aliphatic rings. The summed E-state index contributed by atoms with van der Waals surface area (Å²) in [6.45, 7) is 7.81. The molecule has 8 rings (SSSR count). The molecule has 0 aromatic heterocycles. The number of ether oxygens (including phenoxy) is 5. The van der Waals surface area contributed by atoms with Gasteiger partial charge in [0.1, 0.15) is 30.2 Å². The molecule has 48 heavy (non-hydrogen) atoms. The van der Waals surface area contributed by atoms with Crippen molar-refractivity contribution in [2.75, 3.05) is 40.1 Å². The summed E-state index contributed by atoms with van der Waals surface area (Å²) in [5, 5.41) is 25.4. The molecule has 0 aliphatic carbocycles. The third-order valence-electron chi connectivity index (χ3n) is 10.7. The van der Waals surface area contributed by atoms with E-state index in [4.69, 9.17) is 23.7 Å². The Labute approximate surface area is 284 Å². The number of carbonyl (C=O) groups excluding carboxylic acids is 2. The van der Waals surface area contributed by atoms with Crippen molar-refractivity contribution in [3.8, 4) is 29.1 Å². The number of phenols is 1. The Balaban J connectivity index is 1.47. The van der Waals surface area contributed by atoms with Gasteiger partial charge in [0.15, 0.2) is 18.3 Å². The van der Waals surface area contributed by atoms with Crippen LogP contribution in [-0.4, -0.2) is 91.1 Å². The second-order valence-electron chi connectivity index (χ2n) is 13.3. The lowest BCUT2D eigenvalue weighted by atomic mass is 9.71. The smallest absolute Gasteiger partial charge is 0.329 e. The van der Waals surface area contributed by atoms with E-state index in [1.54, 1.807) is 7.11 Å². The van der Waals surface area contributed by atoms with E-state index in [1.165, 1.54) is 11.8 Å². The first-order valence-corrected chi connectivity index (χ1v) is 17.5. The zero-order chi connectivity index (χ0) is 34.0. The number of hydrogen-bond acceptors (Lipinski definition) is 12. The molecule has 13 heteroatoms. The van der Waals surface area contributed by atoms with E-state index >= 15 is 0 Å². The van der Waals surface area contributed by atoms with E-state index in [2.05, 4.69) is 41.2 Å². The molecule has 2 aromatic carbocycles. The highest BCUT2D eigenvalue weighted by molar-refractivity contribution is 7.99. The van der Waals surface area contributed by atoms with Crippen molar-refractivity contribution in [1.29, 1.82) is 5.26 Å². The summed E-state index contributed by atoms with van der Waals surface area (Å²) in [7, 11) is 3.66. The SMILES string of the molecule is CCCC(=O)N[C@H]1CS[C@@H]2c3c(O)c(C)c4c(c3[C@H](COC1=O)N1C2[C@H]2c3c(cc(C)c(C)c3OCOC)C[C@@H]([C@@H]1C#N)N2C)OCO4. The van der Waals surface area contributed by atoms with Crippen molar-refractivity contribution >= 4 is 23.6 Å². The summed E-state index contributed by atoms with van der Waals surface area (Å²) in [5.74, 6) is 1.28. The number of rotatable bonds is 6. The average molecular weight is 679 g/mol. The number of thioether (sulfide) groups is 1. The highest BCUT2D eigenvalue weighted by Crippen LogP contribution is 2.63. The van der Waals surface area contributed by atoms with Crippen LogP contribution in [0.15, 0.2) is 6.07 Å². The number of methoxy groups -OCH3 is 1. The number of piperazine rings is 1. The maximum atomic E-state index is 13.6. The van der Waals surface area contributed by atoms with Gasteiger partial charge < -0.3 is 34.1 Å². The standard InChI is InChI=1S/C35H42N4O8S/c1-7-8-24(40)37-20-13-48-34-27-26(33-32(46-15-47-33)18(4)30(27)41)23(12-44-35(20)42)39-22(11-36)21-10-19-9-16(2)17(3)31(45-14-43-6)25(19)28(29(34)39)38(21)5/h9,20-23,28-29,34,41H,7-8,10,12-15H2,1-6H3,(H,37,40)/t20-,21-,22-,23-,28+,29?,34+/m0/s1. The predicted octanol–water partition coefficient (Wildman–Crippen LogP) is 3.87. The number of carbonyl (C=O) groups is 2. The fraction of sp³-hybridized carbons (Fsp3) is 0.571. The minimum Gasteiger partial charge on any atom is -0.507 e. The van der Waals surface area contributed by atoms with Crippen molar-refractivity contribution in [2.45, 2.75) is 88.5 Å². The summed E-state index contributed by atoms with van der Waals surface area (Å²) in [6, 6.07) is 1.92. The molecule has 1 unspecified atom stereocenters. The van der Waals surface area contributed by atoms with Crippen LogP contribution in [0.3, 0.4) is 0 Å². The molecule has 6 heterocycles. The minimum absolute atomic E-state index is 0.00673. The minimum atomic E-state index is -0.882. The fourth-order valence-corrected chi connectivity index (χ4v) is 9.96. The van der Waals surface area contributed by atoms with Gasteiger partial charge in [0.25, 0.3) is 0 Å². The van der Waals surface area contributed by atoms with Gasteiger partial charge in [-0.3, -0.25) is 14.6 Å². The average Bonchev–Trinajstić information content (AvgIpc) is 3.55. The van der Waals surface area contributed by atoms with E-state index in [9.17, 15) is 20.0 Å². The Morgan fingerprint density at radius 3 is 2.67 bits per heavy atom. The summed E-state index contributed by atoms with van der Waals surface area (Å²) in [6.07, 6.45) is 1.56. The molecule has 2 fully saturated rings. The molecule has 6 aliphatic heterocycles. The molecule has 0 spiro atoms. The van der Waals surface area contributed by atoms with E-state index in [-0.39, 0.29) is 55.7 Å². The molecular formula is C35H42N4O8S. The van der Waals surface area contributed by atoms with Gasteiger partial charge in [-0.2, -0.15) is 5.26 Å². The number of likely N-dealkylation sites (N-methyl/N-ethyl adjacent to an activating group) is 1. The van der Waals surface area contributed by atoms with E-state index in [0.29, 0.717) is 47.5 Å². The van der Waals surface area contributed by atoms with Gasteiger partial charge in [0, 0.05) is 53.6 Å². The Bertz CT molecular complexity index is 1710. The van der Waals surface area contributed by atoms with E-state index in [1.807, 2.05) is 20.8 Å². The lowest BCUT2D eigenvalue weighted by Crippen LogP contribution is -2.69. The van der Waals surface area contributed by atoms with Crippen molar-refractivity contribution in [3.63, 3.8) is 0 Å². The third kappa shape index (κ3) is 4.90. The van der Waals surface area contributed by atoms with Gasteiger partial charge in [0.2, 0.25) is 12.7 Å². The van der Waals surface area contributed by atoms with Crippen molar-refractivity contribution in [2.24, 2.45) is 0 Å². The number of nitriles is 1. The molecule has 12 nitrogen and oxygen atoms in total. The largest absolute Gasteiger partial charge is 0.507 e. The van der Waals surface area contributed by atoms with Crippen molar-refractivity contribution in [3.05, 3.63) is 45.0 Å². The number of esters is 1. The van der Waals surface area contributed by atoms with Crippen LogP contribution in [0.25, 0.3) is 0 Å². The molecule has 256 valence electrons. The Hall–Kier alpha value is -3.70. The van der Waals surface area contributed by atoms with Crippen LogP contribution in [0.5, 0.6) is 23.0 Å². The highest BCUT2D eigenvalue weighted by Gasteiger charge is 2.60. The van der Waals surface area contributed by atoms with Gasteiger partial charge in [-0.1, -0.05) is 13.0 Å². The summed E-state index contributed by atoms with van der Waals surface area (Å²) in [4.78, 5) is 30.8. The van der Waals surface area contributed by atoms with Gasteiger partial charge in [0.05, 0.1) is 23.4 Å². The molecule has 2 N–H and O–H groups in total. The first kappa shape index (κ1) is 32.8. The van der Waals surface area contributed by atoms with Crippen LogP contribution in [-0.2, 0) is 25.5 Å². The normalized spacial score (nSPS) is 28.9. The topological polar surface area (TPSA) is 143 Å². The second-order valence-corrected chi connectivity index (χ2v) is 14.5. The quantitative estimate of drug-likeness (QED) is 0.338. The van der Waals surface area contributed by atoms with Crippen LogP contribution < -0.4 is 19.5 Å². The number of aryl methyl sites for hydroxylation is 1. The molecule has 2 saturated heterocycles. The Morgan fingerprint density at radius 1 is 1.17 bits per heavy atom. The number of aromatic hydroxyl groups is 1. The van der Waals surface area contributed by atoms with Gasteiger partial charge in [-0.15, -0.1) is 11.8 Å². The lowest BCUT2D eigenvalue weighted by molar-refractivity contribution is -0.152. The molecule has 7 atom stereocenters. The number of nitrogens with zero attached hydrogens (tertiary/aromatic N) is 3. The highest BCUT2D eigenvalue weighted by atomic mass is 32.2. The number of hydrogen-bond donors (Lipinski definition) is 2. The van der Waals surface area contributed by atoms with E-state index in [0.717, 1.165) is 28.0 Å². The molecule has 4 bridgehead atoms. The van der Waals surface area contributed by atoms with Crippen LogP contribution in [0.1, 0.15) is 76.0 Å². The number of fused-ring (bicyclic) bond motifs is 10. The molecule has 0 radical (unpaired) electrons. The zero-order valence-electron chi connectivity index (χ0n) is 28.1. The maximum Gasteiger partial charge on any atom is 0.329 e. The number of phenolic OH excluding ortho intramolecular Hbond substituents is 1. The Kier molecular flexibility index (Phi) is 8.64. The monoisotopic (exact) mass is 678 g/mol. The number of nitrogens with one attached hydrogen (secondary N) is 1. The van der Waals surface area contributed by atoms with Crippen LogP contribution in [0, 0.1) is 32.1 Å². The molecule has 1 amide bonds. The fourth-order valence-electron chi connectivity index (χ4n) is 8.45. The molecule has 0 saturated carbocycles. The zero-order valence-corrected chi connectivity index (χ0v) is 28.9. The van der Waals surface area contributed by atoms with E-state index < -0.39 is 29.3 Å². The van der Waals surface area contributed by atoms with Crippen LogP contribution in [0.4, 0.5) is 0 Å². The lowest BCUT2D eigenvalue weighted by Gasteiger charge is -2.61.